The van der Waals surface area contributed by atoms with Gasteiger partial charge in [0.15, 0.2) is 11.5 Å². The molecule has 0 bridgehead atoms. The molecule has 1 aliphatic carbocycles. The minimum absolute atomic E-state index is 0.00594. The number of hydrogen-bond acceptors (Lipinski definition) is 4. The standard InChI is InChI=1S/C18H24ClNO3/c19-16-8-13-14(17(21)18(16)22)7-12(10-2-5-23-6-3-10)11-1-4-20-9-15(11)13/h8,10-12,15,20-22H,1-7,9H2. The van der Waals surface area contributed by atoms with Gasteiger partial charge >= 0.3 is 0 Å². The molecule has 3 unspecified atom stereocenters. The summed E-state index contributed by atoms with van der Waals surface area (Å²) in [6.45, 7) is 3.69. The molecule has 2 heterocycles. The topological polar surface area (TPSA) is 61.7 Å². The van der Waals surface area contributed by atoms with Gasteiger partial charge in [0.05, 0.1) is 5.02 Å². The number of hydrogen-bond donors (Lipinski definition) is 3. The number of fused-ring (bicyclic) bond motifs is 3. The van der Waals surface area contributed by atoms with Gasteiger partial charge in [-0.25, -0.2) is 0 Å². The number of aromatic hydroxyl groups is 2. The summed E-state index contributed by atoms with van der Waals surface area (Å²) in [5.41, 5.74) is 2.04. The summed E-state index contributed by atoms with van der Waals surface area (Å²) >= 11 is 6.12. The Morgan fingerprint density at radius 2 is 1.87 bits per heavy atom. The highest BCUT2D eigenvalue weighted by Gasteiger charge is 2.43. The molecule has 0 spiro atoms. The predicted molar refractivity (Wildman–Crippen MR) is 89.2 cm³/mol. The fourth-order valence-corrected chi connectivity index (χ4v) is 5.22. The molecule has 2 aliphatic heterocycles. The maximum Gasteiger partial charge on any atom is 0.176 e. The predicted octanol–water partition coefficient (Wildman–Crippen LogP) is 3.04. The number of phenols is 2. The van der Waals surface area contributed by atoms with E-state index in [1.54, 1.807) is 0 Å². The molecule has 4 rings (SSSR count). The quantitative estimate of drug-likeness (QED) is 0.689. The Morgan fingerprint density at radius 3 is 2.65 bits per heavy atom. The van der Waals surface area contributed by atoms with E-state index in [9.17, 15) is 10.2 Å². The second kappa shape index (κ2) is 6.15. The third kappa shape index (κ3) is 2.61. The van der Waals surface area contributed by atoms with Crippen LogP contribution in [0.2, 0.25) is 5.02 Å². The maximum atomic E-state index is 10.5. The molecule has 3 atom stereocenters. The van der Waals surface area contributed by atoms with E-state index >= 15 is 0 Å². The number of benzene rings is 1. The Labute approximate surface area is 141 Å². The van der Waals surface area contributed by atoms with Crippen molar-refractivity contribution in [2.75, 3.05) is 26.3 Å². The van der Waals surface area contributed by atoms with Gasteiger partial charge in [0.2, 0.25) is 0 Å². The molecular weight excluding hydrogens is 314 g/mol. The zero-order chi connectivity index (χ0) is 16.0. The zero-order valence-electron chi connectivity index (χ0n) is 13.2. The molecule has 4 nitrogen and oxygen atoms in total. The zero-order valence-corrected chi connectivity index (χ0v) is 14.0. The van der Waals surface area contributed by atoms with Crippen molar-refractivity contribution in [3.8, 4) is 11.5 Å². The van der Waals surface area contributed by atoms with Crippen molar-refractivity contribution in [2.45, 2.75) is 31.6 Å². The van der Waals surface area contributed by atoms with Crippen LogP contribution in [0.1, 0.15) is 36.3 Å². The van der Waals surface area contributed by atoms with Crippen LogP contribution in [0.15, 0.2) is 6.07 Å². The Balaban J connectivity index is 1.75. The first-order chi connectivity index (χ1) is 11.2. The summed E-state index contributed by atoms with van der Waals surface area (Å²) in [5.74, 6) is 2.05. The molecule has 0 radical (unpaired) electrons. The van der Waals surface area contributed by atoms with E-state index in [4.69, 9.17) is 16.3 Å². The van der Waals surface area contributed by atoms with Crippen molar-refractivity contribution in [1.29, 1.82) is 0 Å². The van der Waals surface area contributed by atoms with Crippen molar-refractivity contribution in [1.82, 2.24) is 5.32 Å². The lowest BCUT2D eigenvalue weighted by Crippen LogP contribution is -2.45. The molecule has 0 aromatic heterocycles. The van der Waals surface area contributed by atoms with E-state index in [1.807, 2.05) is 6.07 Å². The maximum absolute atomic E-state index is 10.5. The molecular formula is C18H24ClNO3. The normalized spacial score (nSPS) is 31.4. The molecule has 0 amide bonds. The van der Waals surface area contributed by atoms with E-state index < -0.39 is 0 Å². The van der Waals surface area contributed by atoms with Crippen LogP contribution >= 0.6 is 11.6 Å². The summed E-state index contributed by atoms with van der Waals surface area (Å²) in [7, 11) is 0. The molecule has 1 aromatic carbocycles. The monoisotopic (exact) mass is 337 g/mol. The average Bonchev–Trinajstić information content (AvgIpc) is 2.60. The SMILES string of the molecule is Oc1c(Cl)cc2c(c1O)CC(C1CCOCC1)C1CCNCC21. The number of rotatable bonds is 1. The van der Waals surface area contributed by atoms with Gasteiger partial charge in [-0.2, -0.15) is 0 Å². The van der Waals surface area contributed by atoms with Crippen LogP contribution in [0, 0.1) is 17.8 Å². The second-order valence-electron chi connectivity index (χ2n) is 7.20. The Morgan fingerprint density at radius 1 is 1.09 bits per heavy atom. The molecule has 3 N–H and O–H groups in total. The van der Waals surface area contributed by atoms with Crippen LogP contribution in [0.25, 0.3) is 0 Å². The molecule has 5 heteroatoms. The van der Waals surface area contributed by atoms with Gasteiger partial charge in [-0.3, -0.25) is 0 Å². The first-order valence-electron chi connectivity index (χ1n) is 8.68. The van der Waals surface area contributed by atoms with Gasteiger partial charge < -0.3 is 20.3 Å². The lowest BCUT2D eigenvalue weighted by Gasteiger charge is -2.46. The van der Waals surface area contributed by atoms with Gasteiger partial charge in [0.1, 0.15) is 0 Å². The van der Waals surface area contributed by atoms with E-state index in [0.717, 1.165) is 56.7 Å². The van der Waals surface area contributed by atoms with Gasteiger partial charge in [0, 0.05) is 25.3 Å². The number of piperidine rings is 1. The fourth-order valence-electron chi connectivity index (χ4n) is 5.01. The average molecular weight is 338 g/mol. The number of phenolic OH excluding ortho intramolecular Hbond substituents is 2. The van der Waals surface area contributed by atoms with Gasteiger partial charge in [-0.15, -0.1) is 0 Å². The minimum atomic E-state index is -0.168. The van der Waals surface area contributed by atoms with Crippen molar-refractivity contribution >= 4 is 11.6 Å². The summed E-state index contributed by atoms with van der Waals surface area (Å²) in [6, 6.07) is 1.87. The van der Waals surface area contributed by atoms with Crippen LogP contribution in [-0.4, -0.2) is 36.5 Å². The third-order valence-corrected chi connectivity index (χ3v) is 6.45. The third-order valence-electron chi connectivity index (χ3n) is 6.16. The minimum Gasteiger partial charge on any atom is -0.504 e. The summed E-state index contributed by atoms with van der Waals surface area (Å²) < 4.78 is 5.54. The summed E-state index contributed by atoms with van der Waals surface area (Å²) in [5, 5.41) is 24.2. The largest absolute Gasteiger partial charge is 0.504 e. The first-order valence-corrected chi connectivity index (χ1v) is 9.06. The molecule has 23 heavy (non-hydrogen) atoms. The van der Waals surface area contributed by atoms with Crippen molar-refractivity contribution in [3.63, 3.8) is 0 Å². The Hall–Kier alpha value is -0.970. The smallest absolute Gasteiger partial charge is 0.176 e. The van der Waals surface area contributed by atoms with Crippen LogP contribution in [0.3, 0.4) is 0 Å². The number of nitrogens with one attached hydrogen (secondary N) is 1. The Bertz CT molecular complexity index is 600. The van der Waals surface area contributed by atoms with E-state index in [0.29, 0.717) is 23.7 Å². The first kappa shape index (κ1) is 15.6. The number of ether oxygens (including phenoxy) is 1. The van der Waals surface area contributed by atoms with Crippen LogP contribution in [-0.2, 0) is 11.2 Å². The van der Waals surface area contributed by atoms with E-state index in [1.165, 1.54) is 6.42 Å². The van der Waals surface area contributed by atoms with Crippen molar-refractivity contribution in [3.05, 3.63) is 22.2 Å². The fraction of sp³-hybridized carbons (Fsp3) is 0.667. The lowest BCUT2D eigenvalue weighted by atomic mass is 9.61. The highest BCUT2D eigenvalue weighted by molar-refractivity contribution is 6.32. The molecule has 2 saturated heterocycles. The summed E-state index contributed by atoms with van der Waals surface area (Å²) in [6.07, 6.45) is 4.23. The molecule has 0 saturated carbocycles. The lowest BCUT2D eigenvalue weighted by molar-refractivity contribution is 0.0224. The highest BCUT2D eigenvalue weighted by Crippen LogP contribution is 2.52. The number of halogens is 1. The Kier molecular flexibility index (Phi) is 4.16. The second-order valence-corrected chi connectivity index (χ2v) is 7.61. The van der Waals surface area contributed by atoms with Crippen LogP contribution in [0.5, 0.6) is 11.5 Å². The molecule has 2 fully saturated rings. The van der Waals surface area contributed by atoms with E-state index in [-0.39, 0.29) is 16.5 Å². The van der Waals surface area contributed by atoms with E-state index in [2.05, 4.69) is 5.32 Å². The highest BCUT2D eigenvalue weighted by atomic mass is 35.5. The van der Waals surface area contributed by atoms with Crippen LogP contribution in [0.4, 0.5) is 0 Å². The summed E-state index contributed by atoms with van der Waals surface area (Å²) in [4.78, 5) is 0. The van der Waals surface area contributed by atoms with Gasteiger partial charge in [-0.05, 0) is 67.5 Å². The van der Waals surface area contributed by atoms with Crippen molar-refractivity contribution in [2.24, 2.45) is 17.8 Å². The van der Waals surface area contributed by atoms with Gasteiger partial charge in [-0.1, -0.05) is 11.6 Å². The van der Waals surface area contributed by atoms with Crippen LogP contribution < -0.4 is 5.32 Å². The van der Waals surface area contributed by atoms with Gasteiger partial charge in [0.25, 0.3) is 0 Å². The molecule has 126 valence electrons. The molecule has 3 aliphatic rings. The molecule has 1 aromatic rings. The van der Waals surface area contributed by atoms with Crippen molar-refractivity contribution < 1.29 is 14.9 Å².